The van der Waals surface area contributed by atoms with Crippen LogP contribution in [-0.2, 0) is 4.74 Å². The molecule has 0 aromatic heterocycles. The van der Waals surface area contributed by atoms with Gasteiger partial charge in [0.05, 0.1) is 0 Å². The van der Waals surface area contributed by atoms with Crippen LogP contribution in [0.3, 0.4) is 0 Å². The van der Waals surface area contributed by atoms with Crippen molar-refractivity contribution >= 4 is 12.2 Å². The van der Waals surface area contributed by atoms with E-state index in [9.17, 15) is 18.7 Å². The van der Waals surface area contributed by atoms with Crippen molar-refractivity contribution in [2.24, 2.45) is 0 Å². The smallest absolute Gasteiger partial charge is 0.407 e. The number of benzene rings is 3. The Morgan fingerprint density at radius 2 is 1.67 bits per heavy atom. The van der Waals surface area contributed by atoms with E-state index in [4.69, 9.17) is 4.74 Å². The molecule has 1 aliphatic rings. The Morgan fingerprint density at radius 1 is 1.03 bits per heavy atom. The van der Waals surface area contributed by atoms with Crippen LogP contribution >= 0.6 is 0 Å². The Bertz CT molecular complexity index is 1080. The summed E-state index contributed by atoms with van der Waals surface area (Å²) in [5.41, 5.74) is 4.52. The van der Waals surface area contributed by atoms with Crippen LogP contribution in [0.5, 0.6) is 5.75 Å². The average Bonchev–Trinajstić information content (AvgIpc) is 3.07. The van der Waals surface area contributed by atoms with Crippen molar-refractivity contribution in [3.63, 3.8) is 0 Å². The second-order valence-corrected chi connectivity index (χ2v) is 6.93. The first-order valence-electron chi connectivity index (χ1n) is 9.48. The van der Waals surface area contributed by atoms with Gasteiger partial charge in [-0.15, -0.1) is 0 Å². The number of amides is 1. The Labute approximate surface area is 172 Å². The minimum Gasteiger partial charge on any atom is -0.504 e. The van der Waals surface area contributed by atoms with Crippen LogP contribution in [0.2, 0.25) is 0 Å². The van der Waals surface area contributed by atoms with Gasteiger partial charge in [0, 0.05) is 24.1 Å². The van der Waals surface area contributed by atoms with Crippen molar-refractivity contribution in [1.29, 1.82) is 0 Å². The SMILES string of the molecule is O=C(NCC=Cc1cc(F)cc(F)c1O)OCC1c2ccccc2-c2ccccc21. The van der Waals surface area contributed by atoms with Crippen LogP contribution < -0.4 is 5.32 Å². The second kappa shape index (κ2) is 8.37. The molecule has 30 heavy (non-hydrogen) atoms. The number of hydrogen-bond donors (Lipinski definition) is 2. The summed E-state index contributed by atoms with van der Waals surface area (Å²) >= 11 is 0. The molecule has 0 aliphatic heterocycles. The second-order valence-electron chi connectivity index (χ2n) is 6.93. The summed E-state index contributed by atoms with van der Waals surface area (Å²) in [7, 11) is 0. The summed E-state index contributed by atoms with van der Waals surface area (Å²) in [6, 6.07) is 17.7. The molecule has 3 aromatic carbocycles. The van der Waals surface area contributed by atoms with Gasteiger partial charge in [-0.05, 0) is 28.3 Å². The molecule has 0 unspecified atom stereocenters. The molecule has 152 valence electrons. The fourth-order valence-electron chi connectivity index (χ4n) is 3.69. The van der Waals surface area contributed by atoms with Gasteiger partial charge >= 0.3 is 6.09 Å². The molecule has 4 rings (SSSR count). The van der Waals surface area contributed by atoms with Crippen LogP contribution in [0.25, 0.3) is 17.2 Å². The zero-order chi connectivity index (χ0) is 21.1. The normalized spacial score (nSPS) is 12.6. The maximum absolute atomic E-state index is 13.3. The first-order valence-corrected chi connectivity index (χ1v) is 9.48. The van der Waals surface area contributed by atoms with Gasteiger partial charge < -0.3 is 15.2 Å². The fourth-order valence-corrected chi connectivity index (χ4v) is 3.69. The van der Waals surface area contributed by atoms with E-state index in [1.165, 1.54) is 12.2 Å². The number of rotatable bonds is 5. The van der Waals surface area contributed by atoms with E-state index in [1.807, 2.05) is 36.4 Å². The molecule has 0 bridgehead atoms. The number of carbonyl (C=O) groups excluding carboxylic acids is 1. The van der Waals surface area contributed by atoms with Crippen LogP contribution in [0.1, 0.15) is 22.6 Å². The molecule has 0 spiro atoms. The molecule has 0 atom stereocenters. The number of halogens is 2. The largest absolute Gasteiger partial charge is 0.504 e. The quantitative estimate of drug-likeness (QED) is 0.610. The number of aromatic hydroxyl groups is 1. The number of carbonyl (C=O) groups is 1. The maximum atomic E-state index is 13.3. The van der Waals surface area contributed by atoms with E-state index in [0.717, 1.165) is 28.3 Å². The van der Waals surface area contributed by atoms with Gasteiger partial charge in [0.25, 0.3) is 0 Å². The van der Waals surface area contributed by atoms with Gasteiger partial charge in [-0.3, -0.25) is 0 Å². The zero-order valence-corrected chi connectivity index (χ0v) is 15.9. The highest BCUT2D eigenvalue weighted by molar-refractivity contribution is 5.79. The van der Waals surface area contributed by atoms with Crippen molar-refractivity contribution in [2.45, 2.75) is 5.92 Å². The third-order valence-electron chi connectivity index (χ3n) is 5.06. The van der Waals surface area contributed by atoms with Gasteiger partial charge in [0.2, 0.25) is 0 Å². The standard InChI is InChI=1S/C24H19F2NO3/c25-16-12-15(23(28)22(26)13-16)6-5-11-27-24(29)30-14-21-19-9-3-1-7-17(19)18-8-2-4-10-20(18)21/h1-10,12-13,21,28H,11,14H2,(H,27,29). The Balaban J connectivity index is 1.35. The molecule has 1 amide bonds. The van der Waals surface area contributed by atoms with Gasteiger partial charge in [0.1, 0.15) is 12.4 Å². The fraction of sp³-hybridized carbons (Fsp3) is 0.125. The van der Waals surface area contributed by atoms with Crippen LogP contribution in [0.4, 0.5) is 13.6 Å². The number of alkyl carbamates (subject to hydrolysis) is 1. The van der Waals surface area contributed by atoms with Gasteiger partial charge in [0.15, 0.2) is 11.6 Å². The maximum Gasteiger partial charge on any atom is 0.407 e. The minimum atomic E-state index is -1.04. The Hall–Kier alpha value is -3.67. The molecular formula is C24H19F2NO3. The van der Waals surface area contributed by atoms with Crippen molar-refractivity contribution in [1.82, 2.24) is 5.32 Å². The van der Waals surface area contributed by atoms with Crippen LogP contribution in [0, 0.1) is 11.6 Å². The molecule has 0 fully saturated rings. The molecule has 6 heteroatoms. The first-order chi connectivity index (χ1) is 14.5. The van der Waals surface area contributed by atoms with Crippen molar-refractivity contribution in [3.8, 4) is 16.9 Å². The van der Waals surface area contributed by atoms with E-state index in [2.05, 4.69) is 17.4 Å². The molecule has 0 saturated heterocycles. The van der Waals surface area contributed by atoms with Gasteiger partial charge in [-0.1, -0.05) is 60.7 Å². The number of phenolic OH excluding ortho intramolecular Hbond substituents is 1. The van der Waals surface area contributed by atoms with E-state index >= 15 is 0 Å². The first kappa shape index (κ1) is 19.6. The summed E-state index contributed by atoms with van der Waals surface area (Å²) in [5.74, 6) is -2.52. The third kappa shape index (κ3) is 3.89. The van der Waals surface area contributed by atoms with Crippen molar-refractivity contribution < 1.29 is 23.4 Å². The Morgan fingerprint density at radius 3 is 2.33 bits per heavy atom. The van der Waals surface area contributed by atoms with E-state index in [0.29, 0.717) is 6.07 Å². The average molecular weight is 407 g/mol. The lowest BCUT2D eigenvalue weighted by molar-refractivity contribution is 0.144. The topological polar surface area (TPSA) is 58.6 Å². The lowest BCUT2D eigenvalue weighted by Crippen LogP contribution is -2.26. The Kier molecular flexibility index (Phi) is 5.48. The molecule has 4 nitrogen and oxygen atoms in total. The third-order valence-corrected chi connectivity index (χ3v) is 5.06. The molecule has 0 heterocycles. The predicted molar refractivity (Wildman–Crippen MR) is 110 cm³/mol. The summed E-state index contributed by atoms with van der Waals surface area (Å²) < 4.78 is 32.0. The number of phenols is 1. The highest BCUT2D eigenvalue weighted by Gasteiger charge is 2.28. The number of hydrogen-bond acceptors (Lipinski definition) is 3. The van der Waals surface area contributed by atoms with E-state index in [-0.39, 0.29) is 24.6 Å². The summed E-state index contributed by atoms with van der Waals surface area (Å²) in [6.07, 6.45) is 2.19. The molecule has 0 radical (unpaired) electrons. The van der Waals surface area contributed by atoms with Crippen molar-refractivity contribution in [2.75, 3.05) is 13.2 Å². The van der Waals surface area contributed by atoms with E-state index in [1.54, 1.807) is 0 Å². The van der Waals surface area contributed by atoms with Gasteiger partial charge in [-0.25, -0.2) is 13.6 Å². The minimum absolute atomic E-state index is 0.0122. The molecule has 2 N–H and O–H groups in total. The lowest BCUT2D eigenvalue weighted by Gasteiger charge is -2.14. The lowest BCUT2D eigenvalue weighted by atomic mass is 9.98. The van der Waals surface area contributed by atoms with Gasteiger partial charge in [-0.2, -0.15) is 0 Å². The highest BCUT2D eigenvalue weighted by atomic mass is 19.1. The molecule has 1 aliphatic carbocycles. The summed E-state index contributed by atoms with van der Waals surface area (Å²) in [5, 5.41) is 12.1. The predicted octanol–water partition coefficient (Wildman–Crippen LogP) is 5.22. The number of ether oxygens (including phenoxy) is 1. The highest BCUT2D eigenvalue weighted by Crippen LogP contribution is 2.44. The van der Waals surface area contributed by atoms with Crippen LogP contribution in [0.15, 0.2) is 66.7 Å². The number of nitrogens with one attached hydrogen (secondary N) is 1. The monoisotopic (exact) mass is 407 g/mol. The molecular weight excluding hydrogens is 388 g/mol. The summed E-state index contributed by atoms with van der Waals surface area (Å²) in [6.45, 7) is 0.272. The zero-order valence-electron chi connectivity index (χ0n) is 15.9. The molecule has 3 aromatic rings. The summed E-state index contributed by atoms with van der Waals surface area (Å²) in [4.78, 5) is 12.1. The van der Waals surface area contributed by atoms with Crippen molar-refractivity contribution in [3.05, 3.63) is 95.1 Å². The van der Waals surface area contributed by atoms with Crippen LogP contribution in [-0.4, -0.2) is 24.4 Å². The van der Waals surface area contributed by atoms with E-state index < -0.39 is 23.5 Å². The number of fused-ring (bicyclic) bond motifs is 3. The molecule has 0 saturated carbocycles.